The molecular weight excluding hydrogens is 539 g/mol. The summed E-state index contributed by atoms with van der Waals surface area (Å²) in [5.74, 6) is -3.82. The fraction of sp³-hybridized carbons (Fsp3) is 0.462. The molecule has 0 saturated carbocycles. The topological polar surface area (TPSA) is 127 Å². The second kappa shape index (κ2) is 12.7. The number of hydrogen-bond acceptors (Lipinski definition) is 6. The minimum atomic E-state index is -5.08. The van der Waals surface area contributed by atoms with Crippen LogP contribution in [-0.4, -0.2) is 73.9 Å². The van der Waals surface area contributed by atoms with Crippen LogP contribution >= 0.6 is 0 Å². The molecule has 0 aromatic heterocycles. The van der Waals surface area contributed by atoms with Gasteiger partial charge in [-0.3, -0.25) is 4.72 Å². The van der Waals surface area contributed by atoms with E-state index in [1.807, 2.05) is 0 Å². The Bertz CT molecular complexity index is 1270. The number of likely N-dealkylation sites (tertiary alicyclic amines) is 1. The highest BCUT2D eigenvalue weighted by Crippen LogP contribution is 2.30. The lowest BCUT2D eigenvalue weighted by Crippen LogP contribution is -2.47. The summed E-state index contributed by atoms with van der Waals surface area (Å²) in [7, 11) is -3.81. The summed E-state index contributed by atoms with van der Waals surface area (Å²) in [6.07, 6.45) is 0.797. The highest BCUT2D eigenvalue weighted by Gasteiger charge is 2.38. The predicted molar refractivity (Wildman–Crippen MR) is 140 cm³/mol. The van der Waals surface area contributed by atoms with Gasteiger partial charge >= 0.3 is 18.1 Å². The van der Waals surface area contributed by atoms with Gasteiger partial charge in [-0.25, -0.2) is 18.0 Å². The van der Waals surface area contributed by atoms with Gasteiger partial charge in [0.1, 0.15) is 0 Å². The van der Waals surface area contributed by atoms with Gasteiger partial charge in [0.2, 0.25) is 0 Å². The zero-order valence-electron chi connectivity index (χ0n) is 21.4. The Labute approximate surface area is 225 Å². The molecule has 2 aromatic rings. The van der Waals surface area contributed by atoms with E-state index in [1.165, 1.54) is 44.5 Å². The first kappa shape index (κ1) is 30.2. The molecule has 0 spiro atoms. The molecule has 2 aromatic carbocycles. The molecule has 13 heteroatoms. The lowest BCUT2D eigenvalue weighted by molar-refractivity contribution is -0.192. The van der Waals surface area contributed by atoms with Crippen LogP contribution in [0.4, 0.5) is 24.5 Å². The van der Waals surface area contributed by atoms with E-state index in [0.29, 0.717) is 17.3 Å². The zero-order valence-corrected chi connectivity index (χ0v) is 22.3. The van der Waals surface area contributed by atoms with E-state index in [-0.39, 0.29) is 16.1 Å². The Morgan fingerprint density at radius 1 is 0.949 bits per heavy atom. The van der Waals surface area contributed by atoms with Crippen LogP contribution < -0.4 is 9.62 Å². The number of carbonyl (C=O) groups is 2. The second-order valence-corrected chi connectivity index (χ2v) is 11.2. The number of nitrogens with zero attached hydrogens (tertiary/aromatic N) is 2. The van der Waals surface area contributed by atoms with E-state index in [1.54, 1.807) is 37.3 Å². The van der Waals surface area contributed by atoms with Crippen molar-refractivity contribution < 1.29 is 41.4 Å². The summed E-state index contributed by atoms with van der Waals surface area (Å²) in [4.78, 5) is 25.8. The predicted octanol–water partition coefficient (Wildman–Crippen LogP) is 4.58. The van der Waals surface area contributed by atoms with E-state index in [4.69, 9.17) is 9.90 Å². The van der Waals surface area contributed by atoms with Crippen molar-refractivity contribution >= 4 is 33.3 Å². The average molecular weight is 572 g/mol. The number of benzene rings is 2. The molecule has 2 fully saturated rings. The Kier molecular flexibility index (Phi) is 9.83. The molecule has 0 aliphatic carbocycles. The number of aliphatic carboxylic acids is 1. The SMILES string of the molecule is Cc1ccccc1S(=O)(=O)Nc1ccc(N2CCC(N3CCCCC3)CC2)c(C(=O)O)c1.O=C(O)C(F)(F)F. The number of nitrogens with one attached hydrogen (secondary N) is 1. The number of carboxylic acid groups (broad SMARTS) is 2. The van der Waals surface area contributed by atoms with Crippen LogP contribution in [0, 0.1) is 6.92 Å². The number of aryl methyl sites for hydroxylation is 1. The van der Waals surface area contributed by atoms with Crippen LogP contribution in [-0.2, 0) is 14.8 Å². The molecule has 2 heterocycles. The van der Waals surface area contributed by atoms with Gasteiger partial charge in [0.05, 0.1) is 16.1 Å². The Hall–Kier alpha value is -3.32. The third-order valence-corrected chi connectivity index (χ3v) is 8.36. The highest BCUT2D eigenvalue weighted by atomic mass is 32.2. The number of hydrogen-bond donors (Lipinski definition) is 3. The van der Waals surface area contributed by atoms with E-state index in [0.717, 1.165) is 25.9 Å². The first-order chi connectivity index (χ1) is 18.3. The average Bonchev–Trinajstić information content (AvgIpc) is 2.89. The molecule has 0 unspecified atom stereocenters. The maximum absolute atomic E-state index is 12.8. The quantitative estimate of drug-likeness (QED) is 0.460. The van der Waals surface area contributed by atoms with Gasteiger partial charge in [0, 0.05) is 24.8 Å². The van der Waals surface area contributed by atoms with Crippen LogP contribution in [0.5, 0.6) is 0 Å². The van der Waals surface area contributed by atoms with Crippen LogP contribution in [0.3, 0.4) is 0 Å². The summed E-state index contributed by atoms with van der Waals surface area (Å²) in [5.41, 5.74) is 1.64. The van der Waals surface area contributed by atoms with Crippen molar-refractivity contribution in [3.8, 4) is 0 Å². The summed E-state index contributed by atoms with van der Waals surface area (Å²) < 4.78 is 59.9. The fourth-order valence-corrected chi connectivity index (χ4v) is 6.17. The molecule has 9 nitrogen and oxygen atoms in total. The largest absolute Gasteiger partial charge is 0.490 e. The maximum atomic E-state index is 12.8. The molecule has 0 atom stereocenters. The molecule has 0 radical (unpaired) electrons. The molecule has 4 rings (SSSR count). The Balaban J connectivity index is 0.000000532. The van der Waals surface area contributed by atoms with Crippen molar-refractivity contribution in [2.75, 3.05) is 35.8 Å². The number of anilines is 2. The van der Waals surface area contributed by atoms with Gasteiger partial charge in [-0.1, -0.05) is 24.6 Å². The number of alkyl halides is 3. The van der Waals surface area contributed by atoms with Crippen molar-refractivity contribution in [1.82, 2.24) is 4.90 Å². The number of aromatic carboxylic acids is 1. The Morgan fingerprint density at radius 2 is 1.54 bits per heavy atom. The summed E-state index contributed by atoms with van der Waals surface area (Å²) in [5, 5.41) is 16.9. The van der Waals surface area contributed by atoms with Crippen LogP contribution in [0.25, 0.3) is 0 Å². The second-order valence-electron chi connectivity index (χ2n) is 9.53. The summed E-state index contributed by atoms with van der Waals surface area (Å²) in [6, 6.07) is 12.1. The third-order valence-electron chi connectivity index (χ3n) is 6.82. The van der Waals surface area contributed by atoms with E-state index < -0.39 is 28.1 Å². The van der Waals surface area contributed by atoms with Crippen molar-refractivity contribution in [3.05, 3.63) is 53.6 Å². The van der Waals surface area contributed by atoms with Crippen LogP contribution in [0.15, 0.2) is 47.4 Å². The molecule has 214 valence electrons. The molecule has 2 saturated heterocycles. The first-order valence-corrected chi connectivity index (χ1v) is 14.0. The third kappa shape index (κ3) is 8.09. The van der Waals surface area contributed by atoms with Gasteiger partial charge in [-0.05, 0) is 75.5 Å². The monoisotopic (exact) mass is 571 g/mol. The number of halogens is 3. The number of piperidine rings is 2. The standard InChI is InChI=1S/C24H31N3O4S.C2HF3O2/c1-18-7-3-4-8-23(18)32(30,31)25-19-9-10-22(21(17-19)24(28)29)27-15-11-20(12-16-27)26-13-5-2-6-14-26;3-2(4,5)1(6)7/h3-4,7-10,17,20,25H,2,5-6,11-16H2,1H3,(H,28,29);(H,6,7). The normalized spacial score (nSPS) is 17.2. The number of rotatable bonds is 6. The molecular formula is C26H32F3N3O6S. The maximum Gasteiger partial charge on any atom is 0.490 e. The van der Waals surface area contributed by atoms with Crippen LogP contribution in [0.1, 0.15) is 48.0 Å². The number of sulfonamides is 1. The fourth-order valence-electron chi connectivity index (χ4n) is 4.87. The molecule has 2 aliphatic heterocycles. The van der Waals surface area contributed by atoms with Gasteiger partial charge < -0.3 is 20.0 Å². The lowest BCUT2D eigenvalue weighted by atomic mass is 9.98. The first-order valence-electron chi connectivity index (χ1n) is 12.5. The molecule has 2 aliphatic rings. The minimum Gasteiger partial charge on any atom is -0.478 e. The van der Waals surface area contributed by atoms with Gasteiger partial charge in [-0.2, -0.15) is 13.2 Å². The van der Waals surface area contributed by atoms with Crippen molar-refractivity contribution in [2.45, 2.75) is 56.1 Å². The lowest BCUT2D eigenvalue weighted by Gasteiger charge is -2.41. The molecule has 0 amide bonds. The van der Waals surface area contributed by atoms with E-state index in [2.05, 4.69) is 14.5 Å². The van der Waals surface area contributed by atoms with Crippen molar-refractivity contribution in [2.24, 2.45) is 0 Å². The smallest absolute Gasteiger partial charge is 0.478 e. The molecule has 39 heavy (non-hydrogen) atoms. The van der Waals surface area contributed by atoms with E-state index in [9.17, 15) is 31.5 Å². The summed E-state index contributed by atoms with van der Waals surface area (Å²) in [6.45, 7) is 5.67. The van der Waals surface area contributed by atoms with Crippen molar-refractivity contribution in [1.29, 1.82) is 0 Å². The van der Waals surface area contributed by atoms with E-state index >= 15 is 0 Å². The zero-order chi connectivity index (χ0) is 28.8. The molecule has 3 N–H and O–H groups in total. The highest BCUT2D eigenvalue weighted by molar-refractivity contribution is 7.92. The Morgan fingerprint density at radius 3 is 2.08 bits per heavy atom. The van der Waals surface area contributed by atoms with Gasteiger partial charge in [0.25, 0.3) is 10.0 Å². The van der Waals surface area contributed by atoms with Crippen molar-refractivity contribution in [3.63, 3.8) is 0 Å². The minimum absolute atomic E-state index is 0.117. The van der Waals surface area contributed by atoms with Gasteiger partial charge in [0.15, 0.2) is 0 Å². The van der Waals surface area contributed by atoms with Gasteiger partial charge in [-0.15, -0.1) is 0 Å². The van der Waals surface area contributed by atoms with Crippen LogP contribution in [0.2, 0.25) is 0 Å². The molecule has 0 bridgehead atoms. The summed E-state index contributed by atoms with van der Waals surface area (Å²) >= 11 is 0. The number of carboxylic acids is 2.